The van der Waals surface area contributed by atoms with Crippen LogP contribution in [-0.4, -0.2) is 65.6 Å². The lowest BCUT2D eigenvalue weighted by atomic mass is 10.0. The summed E-state index contributed by atoms with van der Waals surface area (Å²) in [4.78, 5) is 43.8. The van der Waals surface area contributed by atoms with E-state index in [0.717, 1.165) is 72.7 Å². The van der Waals surface area contributed by atoms with Crippen molar-refractivity contribution in [2.45, 2.75) is 84.2 Å². The summed E-state index contributed by atoms with van der Waals surface area (Å²) in [5.74, 6) is 0.729. The van der Waals surface area contributed by atoms with Gasteiger partial charge in [0.05, 0.1) is 13.0 Å². The Morgan fingerprint density at radius 3 is 2.59 bits per heavy atom. The number of carbonyl (C=O) groups is 3. The zero-order valence-electron chi connectivity index (χ0n) is 26.5. The molecule has 9 heteroatoms. The Hall–Kier alpha value is -3.85. The molecule has 2 N–H and O–H groups in total. The Labute approximate surface area is 261 Å². The fourth-order valence-electron chi connectivity index (χ4n) is 6.02. The van der Waals surface area contributed by atoms with Crippen LogP contribution < -0.4 is 10.2 Å². The predicted molar refractivity (Wildman–Crippen MR) is 172 cm³/mol. The molecule has 0 saturated heterocycles. The number of nitrogens with zero attached hydrogens (tertiary/aromatic N) is 2. The summed E-state index contributed by atoms with van der Waals surface area (Å²) in [5.41, 5.74) is 6.31. The van der Waals surface area contributed by atoms with Crippen LogP contribution in [0.25, 0.3) is 10.9 Å². The van der Waals surface area contributed by atoms with Crippen LogP contribution in [0.3, 0.4) is 0 Å². The highest BCUT2D eigenvalue weighted by Crippen LogP contribution is 2.28. The fourth-order valence-corrected chi connectivity index (χ4v) is 6.02. The Kier molecular flexibility index (Phi) is 12.7. The van der Waals surface area contributed by atoms with E-state index >= 15 is 0 Å². The zero-order chi connectivity index (χ0) is 31.3. The number of H-pyrrole nitrogens is 1. The minimum atomic E-state index is -0.290. The van der Waals surface area contributed by atoms with E-state index in [9.17, 15) is 14.4 Å². The number of aryl methyl sites for hydroxylation is 1. The molecule has 1 heterocycles. The van der Waals surface area contributed by atoms with Gasteiger partial charge < -0.3 is 14.5 Å². The molecule has 0 spiro atoms. The Balaban J connectivity index is 1.32. The first-order chi connectivity index (χ1) is 21.4. The van der Waals surface area contributed by atoms with Gasteiger partial charge in [-0.1, -0.05) is 43.2 Å². The van der Waals surface area contributed by atoms with E-state index in [1.807, 2.05) is 49.5 Å². The number of hydrogen-bond donors (Lipinski definition) is 2. The normalized spacial score (nSPS) is 14.0. The van der Waals surface area contributed by atoms with Crippen molar-refractivity contribution in [2.75, 3.05) is 26.7 Å². The summed E-state index contributed by atoms with van der Waals surface area (Å²) in [5, 5.41) is 2.69. The molecule has 3 aromatic rings. The van der Waals surface area contributed by atoms with Crippen molar-refractivity contribution < 1.29 is 23.9 Å². The van der Waals surface area contributed by atoms with Crippen molar-refractivity contribution in [3.63, 3.8) is 0 Å². The minimum absolute atomic E-state index is 0.0870. The van der Waals surface area contributed by atoms with Crippen LogP contribution in [-0.2, 0) is 27.2 Å². The van der Waals surface area contributed by atoms with Crippen molar-refractivity contribution in [1.82, 2.24) is 20.3 Å². The molecule has 1 fully saturated rings. The van der Waals surface area contributed by atoms with Gasteiger partial charge in [0.2, 0.25) is 5.91 Å². The smallest absolute Gasteiger partial charge is 0.341 e. The van der Waals surface area contributed by atoms with Crippen LogP contribution in [0, 0.1) is 5.92 Å². The van der Waals surface area contributed by atoms with Gasteiger partial charge in [0.25, 0.3) is 0 Å². The number of unbranched alkanes of at least 4 members (excludes halogenated alkanes) is 1. The van der Waals surface area contributed by atoms with E-state index in [1.165, 1.54) is 4.90 Å². The van der Waals surface area contributed by atoms with E-state index in [-0.39, 0.29) is 30.4 Å². The Bertz CT molecular complexity index is 1370. The number of benzene rings is 2. The first-order valence-electron chi connectivity index (χ1n) is 16.1. The third kappa shape index (κ3) is 9.58. The molecule has 1 saturated carbocycles. The highest BCUT2D eigenvalue weighted by Gasteiger charge is 2.29. The van der Waals surface area contributed by atoms with E-state index in [2.05, 4.69) is 22.5 Å². The first-order valence-corrected chi connectivity index (χ1v) is 16.1. The number of aromatic amines is 1. The number of fused-ring (bicyclic) bond motifs is 1. The van der Waals surface area contributed by atoms with Crippen molar-refractivity contribution in [2.24, 2.45) is 5.92 Å². The average Bonchev–Trinajstić information content (AvgIpc) is 3.67. The number of aromatic nitrogens is 1. The SMILES string of the molecule is CCOC(=O)CC(C)Oc1cccc(CCCCN(NC)C(=O)N(CCc2c[nH]c3ccccc23)C(=O)CC2CCCC2)c1. The number of amides is 3. The second-order valence-corrected chi connectivity index (χ2v) is 11.7. The van der Waals surface area contributed by atoms with Crippen LogP contribution in [0.15, 0.2) is 54.7 Å². The number of hydrazine groups is 1. The van der Waals surface area contributed by atoms with Gasteiger partial charge in [-0.05, 0) is 87.6 Å². The van der Waals surface area contributed by atoms with Gasteiger partial charge in [0.1, 0.15) is 11.9 Å². The number of imide groups is 1. The van der Waals surface area contributed by atoms with Gasteiger partial charge in [0.15, 0.2) is 0 Å². The molecule has 1 unspecified atom stereocenters. The van der Waals surface area contributed by atoms with Gasteiger partial charge >= 0.3 is 12.0 Å². The summed E-state index contributed by atoms with van der Waals surface area (Å²) in [7, 11) is 1.73. The van der Waals surface area contributed by atoms with Crippen LogP contribution in [0.5, 0.6) is 5.75 Å². The topological polar surface area (TPSA) is 104 Å². The molecule has 1 aromatic heterocycles. The third-order valence-electron chi connectivity index (χ3n) is 8.34. The van der Waals surface area contributed by atoms with Crippen molar-refractivity contribution in [1.29, 1.82) is 0 Å². The van der Waals surface area contributed by atoms with Crippen LogP contribution in [0.1, 0.15) is 76.3 Å². The summed E-state index contributed by atoms with van der Waals surface area (Å²) in [6.07, 6.45) is 9.80. The lowest BCUT2D eigenvalue weighted by molar-refractivity contribution is -0.144. The van der Waals surface area contributed by atoms with Gasteiger partial charge in [-0.2, -0.15) is 0 Å². The highest BCUT2D eigenvalue weighted by molar-refractivity contribution is 5.94. The molecule has 238 valence electrons. The molecule has 4 rings (SSSR count). The van der Waals surface area contributed by atoms with Crippen molar-refractivity contribution in [3.8, 4) is 5.75 Å². The van der Waals surface area contributed by atoms with Crippen molar-refractivity contribution in [3.05, 3.63) is 65.9 Å². The molecule has 3 amide bonds. The average molecular weight is 605 g/mol. The highest BCUT2D eigenvalue weighted by atomic mass is 16.5. The molecule has 1 aliphatic rings. The number of nitrogens with one attached hydrogen (secondary N) is 2. The molecule has 1 atom stereocenters. The quantitative estimate of drug-likeness (QED) is 0.111. The molecule has 2 aromatic carbocycles. The lowest BCUT2D eigenvalue weighted by Crippen LogP contribution is -2.52. The molecule has 0 bridgehead atoms. The van der Waals surface area contributed by atoms with Gasteiger partial charge in [-0.15, -0.1) is 0 Å². The maximum atomic E-state index is 13.8. The minimum Gasteiger partial charge on any atom is -0.490 e. The van der Waals surface area contributed by atoms with Crippen LogP contribution >= 0.6 is 0 Å². The summed E-state index contributed by atoms with van der Waals surface area (Å²) >= 11 is 0. The molecule has 0 aliphatic heterocycles. The summed E-state index contributed by atoms with van der Waals surface area (Å²) < 4.78 is 10.9. The van der Waals surface area contributed by atoms with E-state index in [0.29, 0.717) is 38.5 Å². The summed E-state index contributed by atoms with van der Waals surface area (Å²) in [6.45, 7) is 4.83. The van der Waals surface area contributed by atoms with Gasteiger partial charge in [-0.3, -0.25) is 19.5 Å². The molecule has 0 radical (unpaired) electrons. The second-order valence-electron chi connectivity index (χ2n) is 11.7. The number of esters is 1. The largest absolute Gasteiger partial charge is 0.490 e. The number of rotatable bonds is 16. The first kappa shape index (κ1) is 33.1. The number of carbonyl (C=O) groups excluding carboxylic acids is 3. The number of urea groups is 1. The maximum absolute atomic E-state index is 13.8. The van der Waals surface area contributed by atoms with Crippen molar-refractivity contribution >= 4 is 28.8 Å². The Morgan fingerprint density at radius 2 is 1.82 bits per heavy atom. The van der Waals surface area contributed by atoms with Crippen LogP contribution in [0.4, 0.5) is 4.79 Å². The second kappa shape index (κ2) is 16.9. The Morgan fingerprint density at radius 1 is 1.02 bits per heavy atom. The van der Waals surface area contributed by atoms with E-state index in [1.54, 1.807) is 19.0 Å². The predicted octanol–water partition coefficient (Wildman–Crippen LogP) is 6.42. The number of ether oxygens (including phenoxy) is 2. The molecule has 9 nitrogen and oxygen atoms in total. The lowest BCUT2D eigenvalue weighted by Gasteiger charge is -2.29. The molecule has 44 heavy (non-hydrogen) atoms. The third-order valence-corrected chi connectivity index (χ3v) is 8.34. The number of para-hydroxylation sites is 1. The standard InChI is InChI=1S/C35H48N4O5/c1-4-43-34(41)22-26(2)44-30-16-11-15-27(23-30)14-9-10-20-39(36-3)35(42)38(33(40)24-28-12-5-6-13-28)21-19-29-25-37-32-18-8-7-17-31(29)32/h7-8,11,15-18,23,25-26,28,36-37H,4-6,9-10,12-14,19-22,24H2,1-3H3. The molecule has 1 aliphatic carbocycles. The maximum Gasteiger partial charge on any atom is 0.341 e. The zero-order valence-corrected chi connectivity index (χ0v) is 26.5. The molecular formula is C35H48N4O5. The monoisotopic (exact) mass is 604 g/mol. The van der Waals surface area contributed by atoms with Gasteiger partial charge in [0, 0.05) is 43.7 Å². The van der Waals surface area contributed by atoms with Crippen LogP contribution in [0.2, 0.25) is 0 Å². The van der Waals surface area contributed by atoms with E-state index < -0.39 is 0 Å². The number of hydrogen-bond acceptors (Lipinski definition) is 6. The van der Waals surface area contributed by atoms with E-state index in [4.69, 9.17) is 9.47 Å². The summed E-state index contributed by atoms with van der Waals surface area (Å²) in [6, 6.07) is 15.7. The fraction of sp³-hybridized carbons (Fsp3) is 0.514. The van der Waals surface area contributed by atoms with Gasteiger partial charge in [-0.25, -0.2) is 10.2 Å². The molecular weight excluding hydrogens is 556 g/mol.